The Morgan fingerprint density at radius 3 is 2.25 bits per heavy atom. The van der Waals surface area contributed by atoms with Crippen LogP contribution < -0.4 is 0 Å². The van der Waals surface area contributed by atoms with Crippen LogP contribution in [-0.4, -0.2) is 57.7 Å². The van der Waals surface area contributed by atoms with E-state index in [1.807, 2.05) is 0 Å². The molecule has 0 bridgehead atoms. The van der Waals surface area contributed by atoms with Gasteiger partial charge in [-0.25, -0.2) is 13.2 Å². The number of rotatable bonds is 3. The molecule has 20 heavy (non-hydrogen) atoms. The van der Waals surface area contributed by atoms with Crippen molar-refractivity contribution in [3.05, 3.63) is 0 Å². The van der Waals surface area contributed by atoms with Crippen molar-refractivity contribution in [3.8, 4) is 0 Å². The smallest absolute Gasteiger partial charge is 0.328 e. The van der Waals surface area contributed by atoms with Gasteiger partial charge in [0.2, 0.25) is 5.91 Å². The number of hydrogen-bond donors (Lipinski definition) is 2. The number of hydrogen-bond acceptors (Lipinski definition) is 5. The minimum atomic E-state index is -3.86. The average Bonchev–Trinajstić information content (AvgIpc) is 2.43. The molecular weight excluding hydrogens is 286 g/mol. The highest BCUT2D eigenvalue weighted by Crippen LogP contribution is 2.50. The second-order valence-electron chi connectivity index (χ2n) is 6.29. The Morgan fingerprint density at radius 2 is 1.85 bits per heavy atom. The molecule has 2 fully saturated rings. The number of aliphatic hydroxyl groups is 1. The molecule has 0 aliphatic carbocycles. The molecule has 0 spiro atoms. The number of β-lactam (4-membered cyclic amide) rings is 1. The van der Waals surface area contributed by atoms with Gasteiger partial charge in [-0.3, -0.25) is 4.79 Å². The first-order chi connectivity index (χ1) is 8.96. The Bertz CT molecular complexity index is 566. The van der Waals surface area contributed by atoms with Crippen LogP contribution in [0.3, 0.4) is 0 Å². The van der Waals surface area contributed by atoms with Gasteiger partial charge in [-0.1, -0.05) is 13.8 Å². The SMILES string of the molecule is CC(C)[C@H](O)[C@@H]1C(=O)N2[C@@H](C(=O)O)C(C)(C)S(=O)(=O)[C@H]12. The average molecular weight is 305 g/mol. The highest BCUT2D eigenvalue weighted by molar-refractivity contribution is 7.93. The summed E-state index contributed by atoms with van der Waals surface area (Å²) in [6, 6.07) is -1.40. The van der Waals surface area contributed by atoms with Gasteiger partial charge in [0.05, 0.1) is 16.8 Å². The van der Waals surface area contributed by atoms with Crippen LogP contribution in [0.5, 0.6) is 0 Å². The number of nitrogens with zero attached hydrogens (tertiary/aromatic N) is 1. The van der Waals surface area contributed by atoms with Crippen molar-refractivity contribution in [2.75, 3.05) is 0 Å². The second-order valence-corrected chi connectivity index (χ2v) is 8.91. The first kappa shape index (κ1) is 15.2. The van der Waals surface area contributed by atoms with Crippen molar-refractivity contribution in [2.45, 2.75) is 50.0 Å². The Hall–Kier alpha value is -1.15. The first-order valence-corrected chi connectivity index (χ1v) is 7.97. The fraction of sp³-hybridized carbons (Fsp3) is 0.833. The molecule has 2 heterocycles. The summed E-state index contributed by atoms with van der Waals surface area (Å²) >= 11 is 0. The molecule has 1 amide bonds. The van der Waals surface area contributed by atoms with Gasteiger partial charge in [-0.05, 0) is 19.8 Å². The lowest BCUT2D eigenvalue weighted by atomic mass is 9.83. The van der Waals surface area contributed by atoms with Crippen molar-refractivity contribution in [2.24, 2.45) is 11.8 Å². The largest absolute Gasteiger partial charge is 0.480 e. The van der Waals surface area contributed by atoms with E-state index in [0.717, 1.165) is 4.90 Å². The molecule has 7 nitrogen and oxygen atoms in total. The molecule has 4 atom stereocenters. The Kier molecular flexibility index (Phi) is 3.18. The van der Waals surface area contributed by atoms with Crippen LogP contribution in [0.4, 0.5) is 0 Å². The molecule has 0 saturated carbocycles. The summed E-state index contributed by atoms with van der Waals surface area (Å²) in [4.78, 5) is 24.3. The summed E-state index contributed by atoms with van der Waals surface area (Å²) in [6.07, 6.45) is -1.10. The van der Waals surface area contributed by atoms with Crippen molar-refractivity contribution in [1.29, 1.82) is 0 Å². The number of fused-ring (bicyclic) bond motifs is 1. The van der Waals surface area contributed by atoms with Gasteiger partial charge in [-0.15, -0.1) is 0 Å². The Labute approximate surface area is 117 Å². The fourth-order valence-corrected chi connectivity index (χ4v) is 5.41. The summed E-state index contributed by atoms with van der Waals surface area (Å²) in [7, 11) is -3.86. The highest BCUT2D eigenvalue weighted by Gasteiger charge is 2.73. The summed E-state index contributed by atoms with van der Waals surface area (Å²) in [5, 5.41) is 18.0. The normalized spacial score (nSPS) is 35.6. The molecule has 2 saturated heterocycles. The second kappa shape index (κ2) is 4.17. The molecule has 2 N–H and O–H groups in total. The van der Waals surface area contributed by atoms with Crippen LogP contribution in [-0.2, 0) is 19.4 Å². The summed E-state index contributed by atoms with van der Waals surface area (Å²) in [5.41, 5.74) is 0. The molecule has 2 rings (SSSR count). The van der Waals surface area contributed by atoms with Crippen LogP contribution >= 0.6 is 0 Å². The van der Waals surface area contributed by atoms with Crippen molar-refractivity contribution in [3.63, 3.8) is 0 Å². The van der Waals surface area contributed by atoms with E-state index in [2.05, 4.69) is 0 Å². The monoisotopic (exact) mass is 305 g/mol. The number of carbonyl (C=O) groups excluding carboxylic acids is 1. The third kappa shape index (κ3) is 1.57. The van der Waals surface area contributed by atoms with E-state index in [0.29, 0.717) is 0 Å². The van der Waals surface area contributed by atoms with Gasteiger partial charge in [0, 0.05) is 0 Å². The molecule has 114 valence electrons. The number of carboxylic acid groups (broad SMARTS) is 1. The number of carboxylic acids is 1. The zero-order valence-corrected chi connectivity index (χ0v) is 12.6. The summed E-state index contributed by atoms with van der Waals surface area (Å²) < 4.78 is 23.4. The molecule has 2 aliphatic heterocycles. The zero-order chi connectivity index (χ0) is 15.6. The van der Waals surface area contributed by atoms with Crippen LogP contribution in [0.2, 0.25) is 0 Å². The van der Waals surface area contributed by atoms with E-state index in [1.165, 1.54) is 13.8 Å². The molecule has 0 unspecified atom stereocenters. The molecule has 2 aliphatic rings. The third-order valence-corrected chi connectivity index (χ3v) is 7.24. The maximum absolute atomic E-state index is 12.5. The first-order valence-electron chi connectivity index (χ1n) is 6.42. The molecule has 0 aromatic rings. The molecule has 0 aromatic carbocycles. The van der Waals surface area contributed by atoms with E-state index in [4.69, 9.17) is 0 Å². The number of aliphatic carboxylic acids is 1. The predicted octanol–water partition coefficient (Wildman–Crippen LogP) is -0.552. The van der Waals surface area contributed by atoms with Gasteiger partial charge >= 0.3 is 5.97 Å². The standard InChI is InChI=1S/C12H19NO6S/c1-5(2)7(14)6-9(15)13-8(11(16)17)12(3,4)20(18,19)10(6)13/h5-8,10,14H,1-4H3,(H,16,17)/t6-,7+,8+,10-/m1/s1. The highest BCUT2D eigenvalue weighted by atomic mass is 32.2. The van der Waals surface area contributed by atoms with Gasteiger partial charge in [-0.2, -0.15) is 0 Å². The summed E-state index contributed by atoms with van der Waals surface area (Å²) in [6.45, 7) is 5.99. The zero-order valence-electron chi connectivity index (χ0n) is 11.8. The van der Waals surface area contributed by atoms with Crippen LogP contribution in [0.25, 0.3) is 0 Å². The van der Waals surface area contributed by atoms with Crippen molar-refractivity contribution >= 4 is 21.7 Å². The molecule has 8 heteroatoms. The van der Waals surface area contributed by atoms with Crippen LogP contribution in [0.15, 0.2) is 0 Å². The van der Waals surface area contributed by atoms with Crippen molar-refractivity contribution in [1.82, 2.24) is 4.90 Å². The van der Waals surface area contributed by atoms with E-state index < -0.39 is 49.9 Å². The Morgan fingerprint density at radius 1 is 1.35 bits per heavy atom. The van der Waals surface area contributed by atoms with E-state index >= 15 is 0 Å². The van der Waals surface area contributed by atoms with E-state index in [-0.39, 0.29) is 5.92 Å². The molecule has 0 radical (unpaired) electrons. The number of aliphatic hydroxyl groups excluding tert-OH is 1. The van der Waals surface area contributed by atoms with Gasteiger partial charge in [0.1, 0.15) is 11.4 Å². The maximum Gasteiger partial charge on any atom is 0.328 e. The maximum atomic E-state index is 12.5. The lowest BCUT2D eigenvalue weighted by Crippen LogP contribution is -2.67. The number of carbonyl (C=O) groups is 2. The van der Waals surface area contributed by atoms with Gasteiger partial charge < -0.3 is 15.1 Å². The van der Waals surface area contributed by atoms with Gasteiger partial charge in [0.25, 0.3) is 0 Å². The topological polar surface area (TPSA) is 112 Å². The number of amides is 1. The quantitative estimate of drug-likeness (QED) is 0.677. The Balaban J connectivity index is 2.50. The van der Waals surface area contributed by atoms with Crippen molar-refractivity contribution < 1.29 is 28.2 Å². The predicted molar refractivity (Wildman–Crippen MR) is 69.4 cm³/mol. The van der Waals surface area contributed by atoms with Gasteiger partial charge in [0.15, 0.2) is 9.84 Å². The fourth-order valence-electron chi connectivity index (χ4n) is 3.07. The summed E-state index contributed by atoms with van der Waals surface area (Å²) in [5.74, 6) is -3.29. The lowest BCUT2D eigenvalue weighted by molar-refractivity contribution is -0.170. The van der Waals surface area contributed by atoms with Crippen LogP contribution in [0, 0.1) is 11.8 Å². The van der Waals surface area contributed by atoms with Crippen LogP contribution in [0.1, 0.15) is 27.7 Å². The van der Waals surface area contributed by atoms with E-state index in [1.54, 1.807) is 13.8 Å². The number of sulfone groups is 1. The minimum absolute atomic E-state index is 0.284. The molecular formula is C12H19NO6S. The molecule has 0 aromatic heterocycles. The lowest BCUT2D eigenvalue weighted by Gasteiger charge is -2.45. The third-order valence-electron chi connectivity index (χ3n) is 4.39. The van der Waals surface area contributed by atoms with E-state index in [9.17, 15) is 28.2 Å². The minimum Gasteiger partial charge on any atom is -0.480 e.